The fourth-order valence-corrected chi connectivity index (χ4v) is 1.26. The van der Waals surface area contributed by atoms with Crippen LogP contribution in [0.15, 0.2) is 0 Å². The summed E-state index contributed by atoms with van der Waals surface area (Å²) in [5.41, 5.74) is 5.27. The highest BCUT2D eigenvalue weighted by atomic mass is 32.1. The molecule has 0 saturated carbocycles. The van der Waals surface area contributed by atoms with E-state index < -0.39 is 24.9 Å². The highest BCUT2D eigenvalue weighted by Crippen LogP contribution is 2.22. The number of nitrogens with two attached hydrogens (primary N) is 1. The molecule has 94 valence electrons. The van der Waals surface area contributed by atoms with E-state index in [-0.39, 0.29) is 17.6 Å². The average molecular weight is 256 g/mol. The number of hydrogen-bond acceptors (Lipinski definition) is 2. The first-order valence-electron chi connectivity index (χ1n) is 4.78. The lowest BCUT2D eigenvalue weighted by Gasteiger charge is -2.26. The quantitative estimate of drug-likeness (QED) is 0.764. The number of hydrogen-bond donors (Lipinski definition) is 1. The molecule has 0 aliphatic rings. The molecule has 0 aliphatic heterocycles. The lowest BCUT2D eigenvalue weighted by atomic mass is 10.2. The van der Waals surface area contributed by atoms with Gasteiger partial charge in [-0.25, -0.2) is 0 Å². The van der Waals surface area contributed by atoms with Crippen LogP contribution in [-0.4, -0.2) is 34.6 Å². The van der Waals surface area contributed by atoms with Gasteiger partial charge in [0, 0.05) is 12.5 Å². The number of rotatable bonds is 5. The second-order valence-corrected chi connectivity index (χ2v) is 4.22. The van der Waals surface area contributed by atoms with E-state index >= 15 is 0 Å². The first-order chi connectivity index (χ1) is 7.13. The Bertz CT molecular complexity index is 266. The van der Waals surface area contributed by atoms with E-state index in [1.807, 2.05) is 0 Å². The normalized spacial score (nSPS) is 11.6. The Kier molecular flexibility index (Phi) is 5.71. The van der Waals surface area contributed by atoms with Crippen LogP contribution in [0.1, 0.15) is 26.7 Å². The molecule has 0 aromatic heterocycles. The molecule has 0 aromatic carbocycles. The van der Waals surface area contributed by atoms with Gasteiger partial charge in [-0.3, -0.25) is 4.79 Å². The molecule has 7 heteroatoms. The molecule has 0 rings (SSSR count). The number of carbonyl (C=O) groups excluding carboxylic acids is 1. The second kappa shape index (κ2) is 6.03. The van der Waals surface area contributed by atoms with Crippen molar-refractivity contribution in [3.05, 3.63) is 0 Å². The summed E-state index contributed by atoms with van der Waals surface area (Å²) in [4.78, 5) is 12.8. The molecule has 1 amide bonds. The summed E-state index contributed by atoms with van der Waals surface area (Å²) in [6.45, 7) is 3.41. The highest BCUT2D eigenvalue weighted by molar-refractivity contribution is 7.80. The number of halogens is 3. The minimum atomic E-state index is -4.32. The van der Waals surface area contributed by atoms with Crippen LogP contribution in [0.3, 0.4) is 0 Å². The van der Waals surface area contributed by atoms with Crippen molar-refractivity contribution in [3.63, 3.8) is 0 Å². The maximum atomic E-state index is 11.9. The number of nitrogens with zero attached hydrogens (tertiary/aromatic N) is 1. The topological polar surface area (TPSA) is 46.3 Å². The molecule has 16 heavy (non-hydrogen) atoms. The largest absolute Gasteiger partial charge is 0.392 e. The predicted octanol–water partition coefficient (Wildman–Crippen LogP) is 1.85. The van der Waals surface area contributed by atoms with Gasteiger partial charge in [0.15, 0.2) is 0 Å². The molecule has 2 N–H and O–H groups in total. The molecule has 0 spiro atoms. The van der Waals surface area contributed by atoms with Crippen molar-refractivity contribution in [2.75, 3.05) is 6.54 Å². The van der Waals surface area contributed by atoms with Gasteiger partial charge >= 0.3 is 6.18 Å². The van der Waals surface area contributed by atoms with Gasteiger partial charge < -0.3 is 10.6 Å². The van der Waals surface area contributed by atoms with Gasteiger partial charge in [0.1, 0.15) is 0 Å². The van der Waals surface area contributed by atoms with Crippen LogP contribution >= 0.6 is 12.2 Å². The highest BCUT2D eigenvalue weighted by Gasteiger charge is 2.29. The first kappa shape index (κ1) is 15.2. The fourth-order valence-electron chi connectivity index (χ4n) is 1.12. The fraction of sp³-hybridized carbons (Fsp3) is 0.778. The Hall–Kier alpha value is -0.850. The summed E-state index contributed by atoms with van der Waals surface area (Å²) in [5.74, 6) is -0.583. The molecular weight excluding hydrogens is 241 g/mol. The van der Waals surface area contributed by atoms with E-state index in [1.165, 1.54) is 4.90 Å². The summed E-state index contributed by atoms with van der Waals surface area (Å²) < 4.78 is 35.8. The molecular formula is C9H15F3N2OS. The van der Waals surface area contributed by atoms with Gasteiger partial charge in [0.05, 0.1) is 18.0 Å². The smallest absolute Gasteiger partial charge is 0.389 e. The van der Waals surface area contributed by atoms with Crippen LogP contribution in [0.2, 0.25) is 0 Å². The van der Waals surface area contributed by atoms with E-state index in [0.29, 0.717) is 0 Å². The summed E-state index contributed by atoms with van der Waals surface area (Å²) in [6.07, 6.45) is -6.00. The van der Waals surface area contributed by atoms with Crippen molar-refractivity contribution in [1.29, 1.82) is 0 Å². The Morgan fingerprint density at radius 2 is 1.94 bits per heavy atom. The lowest BCUT2D eigenvalue weighted by molar-refractivity contribution is -0.149. The average Bonchev–Trinajstić information content (AvgIpc) is 2.08. The minimum absolute atomic E-state index is 0.0176. The Morgan fingerprint density at radius 1 is 1.44 bits per heavy atom. The first-order valence-corrected chi connectivity index (χ1v) is 5.19. The monoisotopic (exact) mass is 256 g/mol. The standard InChI is InChI=1S/C9H15F3N2OS/c1-6(2)14(5-7(13)16)8(15)3-4-9(10,11)12/h6H,3-5H2,1-2H3,(H2,13,16). The van der Waals surface area contributed by atoms with Crippen LogP contribution in [0.4, 0.5) is 13.2 Å². The molecule has 3 nitrogen and oxygen atoms in total. The van der Waals surface area contributed by atoms with Crippen molar-refractivity contribution >= 4 is 23.1 Å². The molecule has 0 saturated heterocycles. The maximum absolute atomic E-state index is 11.9. The Balaban J connectivity index is 4.34. The Morgan fingerprint density at radius 3 is 2.25 bits per heavy atom. The van der Waals surface area contributed by atoms with Gasteiger partial charge in [0.25, 0.3) is 0 Å². The van der Waals surface area contributed by atoms with E-state index in [2.05, 4.69) is 12.2 Å². The number of alkyl halides is 3. The third kappa shape index (κ3) is 6.60. The number of amides is 1. The zero-order valence-corrected chi connectivity index (χ0v) is 9.99. The summed E-state index contributed by atoms with van der Waals surface area (Å²) in [7, 11) is 0. The number of carbonyl (C=O) groups is 1. The molecule has 0 atom stereocenters. The van der Waals surface area contributed by atoms with E-state index in [0.717, 1.165) is 0 Å². The van der Waals surface area contributed by atoms with Gasteiger partial charge in [0.2, 0.25) is 5.91 Å². The molecule has 0 radical (unpaired) electrons. The third-order valence-corrected chi connectivity index (χ3v) is 2.02. The van der Waals surface area contributed by atoms with E-state index in [1.54, 1.807) is 13.8 Å². The number of thiocarbonyl (C=S) groups is 1. The summed E-state index contributed by atoms with van der Waals surface area (Å²) in [5, 5.41) is 0. The predicted molar refractivity (Wildman–Crippen MR) is 58.9 cm³/mol. The SMILES string of the molecule is CC(C)N(CC(N)=S)C(=O)CCC(F)(F)F. The maximum Gasteiger partial charge on any atom is 0.389 e. The third-order valence-electron chi connectivity index (χ3n) is 1.89. The molecule has 0 heterocycles. The van der Waals surface area contributed by atoms with Crippen molar-refractivity contribution < 1.29 is 18.0 Å². The molecule has 0 aliphatic carbocycles. The van der Waals surface area contributed by atoms with Crippen molar-refractivity contribution in [2.45, 2.75) is 38.9 Å². The van der Waals surface area contributed by atoms with Crippen LogP contribution in [0.25, 0.3) is 0 Å². The summed E-state index contributed by atoms with van der Waals surface area (Å²) >= 11 is 4.63. The summed E-state index contributed by atoms with van der Waals surface area (Å²) in [6, 6.07) is -0.220. The molecule has 0 bridgehead atoms. The molecule has 0 aromatic rings. The Labute approximate surface area is 97.8 Å². The lowest BCUT2D eigenvalue weighted by Crippen LogP contribution is -2.42. The van der Waals surface area contributed by atoms with Crippen LogP contribution < -0.4 is 5.73 Å². The minimum Gasteiger partial charge on any atom is -0.392 e. The van der Waals surface area contributed by atoms with Crippen molar-refractivity contribution in [1.82, 2.24) is 4.90 Å². The van der Waals surface area contributed by atoms with Crippen molar-refractivity contribution in [2.24, 2.45) is 5.73 Å². The molecule has 0 unspecified atom stereocenters. The van der Waals surface area contributed by atoms with Gasteiger partial charge in [-0.05, 0) is 13.8 Å². The molecule has 0 fully saturated rings. The zero-order chi connectivity index (χ0) is 12.9. The zero-order valence-electron chi connectivity index (χ0n) is 9.17. The van der Waals surface area contributed by atoms with Crippen molar-refractivity contribution in [3.8, 4) is 0 Å². The van der Waals surface area contributed by atoms with Gasteiger partial charge in [-0.1, -0.05) is 12.2 Å². The van der Waals surface area contributed by atoms with Gasteiger partial charge in [-0.15, -0.1) is 0 Å². The van der Waals surface area contributed by atoms with Crippen LogP contribution in [0, 0.1) is 0 Å². The van der Waals surface area contributed by atoms with E-state index in [9.17, 15) is 18.0 Å². The van der Waals surface area contributed by atoms with Crippen LogP contribution in [-0.2, 0) is 4.79 Å². The van der Waals surface area contributed by atoms with Gasteiger partial charge in [-0.2, -0.15) is 13.2 Å². The van der Waals surface area contributed by atoms with E-state index in [4.69, 9.17) is 5.73 Å². The second-order valence-electron chi connectivity index (χ2n) is 3.70. The van der Waals surface area contributed by atoms with Crippen LogP contribution in [0.5, 0.6) is 0 Å².